The fraction of sp³-hybridized carbons (Fsp3) is 0.771. The van der Waals surface area contributed by atoms with Gasteiger partial charge in [0, 0.05) is 6.92 Å². The fourth-order valence-electron chi connectivity index (χ4n) is 14.4. The third kappa shape index (κ3) is 23.1. The van der Waals surface area contributed by atoms with Crippen LogP contribution in [-0.4, -0.2) is 165 Å². The molecule has 15 nitrogen and oxygen atoms in total. The summed E-state index contributed by atoms with van der Waals surface area (Å²) in [4.78, 5) is 23.5. The number of carbonyl (C=O) groups excluding carboxylic acids is 2. The molecule has 0 aromatic heterocycles. The molecule has 4 unspecified atom stereocenters. The fourth-order valence-corrected chi connectivity index (χ4v) is 36.3. The summed E-state index contributed by atoms with van der Waals surface area (Å²) in [5.41, 5.74) is 6.27. The molecule has 89 heavy (non-hydrogen) atoms. The van der Waals surface area contributed by atoms with Gasteiger partial charge in [-0.25, -0.2) is 4.79 Å². The van der Waals surface area contributed by atoms with Gasteiger partial charge in [0.15, 0.2) is 37.2 Å². The second-order valence-corrected chi connectivity index (χ2v) is 49.6. The van der Waals surface area contributed by atoms with Gasteiger partial charge in [0.05, 0.1) is 32.0 Å². The van der Waals surface area contributed by atoms with Crippen LogP contribution in [0.15, 0.2) is 30.3 Å². The lowest BCUT2D eigenvalue weighted by molar-refractivity contribution is -0.144. The van der Waals surface area contributed by atoms with Gasteiger partial charge in [-0.1, -0.05) is 215 Å². The molecule has 1 aromatic rings. The van der Waals surface area contributed by atoms with E-state index in [1.807, 2.05) is 0 Å². The minimum Gasteiger partial charge on any atom is -0.453 e. The van der Waals surface area contributed by atoms with E-state index in [1.165, 1.54) is 6.92 Å². The number of ether oxygens (including phenoxy) is 5. The van der Waals surface area contributed by atoms with Crippen LogP contribution in [0.5, 0.6) is 0 Å². The Labute approximate surface area is 545 Å². The topological polar surface area (TPSA) is 208 Å². The number of aliphatic hydroxyl groups excluding tert-OH is 4. The smallest absolute Gasteiger partial charge is 0.338 e. The standard InChI is InChI=1S/C22H34O5Si.C17H30O4Si.2C15H28O3Si.CH4/c1-8-19(23)21(24)20(27-22(25)18-12-10-9-11-13-18)14-26-28(15(2)3,16(4)5)17(6)7;1-9-15(20-14(8)18)17-16(21-17)10-19-22(11(2)3,12(4)5)13(6)7;2*1-8-13(16)15-14(18-15)9-17-19(10(2)3,11(4)5)12(6)7;/h1,9-13,15-17,19-21,23-24H,14H2,2-7H3;1,11-13,15-17H,10H2,2-8H3;2*1,10-16H,9H2,2-7H3;1H4/t19-,20-,21?;15-,16+,17?;13-,14+,15?;13-,14-,15?;/m1110./s1. The Hall–Kier alpha value is -3.17. The van der Waals surface area contributed by atoms with Crippen LogP contribution in [0.1, 0.15) is 191 Å². The van der Waals surface area contributed by atoms with E-state index < -0.39 is 75.9 Å². The van der Waals surface area contributed by atoms with E-state index in [1.54, 1.807) is 30.3 Å². The predicted octanol–water partition coefficient (Wildman–Crippen LogP) is 13.8. The first-order valence-electron chi connectivity index (χ1n) is 32.3. The highest BCUT2D eigenvalue weighted by Gasteiger charge is 2.53. The number of epoxide rings is 3. The van der Waals surface area contributed by atoms with Crippen molar-refractivity contribution in [2.45, 2.75) is 320 Å². The average molecular weight is 1320 g/mol. The number of rotatable bonds is 32. The van der Waals surface area contributed by atoms with Gasteiger partial charge >= 0.3 is 11.9 Å². The van der Waals surface area contributed by atoms with E-state index in [4.69, 9.17) is 67.1 Å². The van der Waals surface area contributed by atoms with Gasteiger partial charge in [0.1, 0.15) is 61.0 Å². The normalized spacial score (nSPS) is 21.1. The van der Waals surface area contributed by atoms with Crippen molar-refractivity contribution >= 4 is 45.2 Å². The summed E-state index contributed by atoms with van der Waals surface area (Å²) in [5.74, 6) is 8.21. The summed E-state index contributed by atoms with van der Waals surface area (Å²) in [5, 5.41) is 39.4. The van der Waals surface area contributed by atoms with Crippen LogP contribution < -0.4 is 0 Å². The Morgan fingerprint density at radius 1 is 0.449 bits per heavy atom. The number of hydrogen-bond donors (Lipinski definition) is 4. The summed E-state index contributed by atoms with van der Waals surface area (Å²) in [6.45, 7) is 56.4. The molecule has 1 aromatic carbocycles. The Bertz CT molecular complexity index is 2230. The lowest BCUT2D eigenvalue weighted by Crippen LogP contribution is -2.51. The molecule has 4 rings (SSSR count). The molecule has 0 spiro atoms. The van der Waals surface area contributed by atoms with Crippen molar-refractivity contribution in [3.8, 4) is 49.4 Å². The van der Waals surface area contributed by atoms with E-state index in [9.17, 15) is 30.0 Å². The summed E-state index contributed by atoms with van der Waals surface area (Å²) < 4.78 is 52.7. The average Bonchev–Trinajstić information content (AvgIpc) is 1.39. The summed E-state index contributed by atoms with van der Waals surface area (Å²) in [7, 11) is -7.82. The van der Waals surface area contributed by atoms with Gasteiger partial charge in [-0.05, 0) is 78.6 Å². The minimum absolute atomic E-state index is 0. The van der Waals surface area contributed by atoms with Crippen LogP contribution >= 0.6 is 0 Å². The molecule has 19 heteroatoms. The lowest BCUT2D eigenvalue weighted by Gasteiger charge is -2.43. The van der Waals surface area contributed by atoms with E-state index in [0.717, 1.165) is 0 Å². The number of aliphatic hydroxyl groups is 4. The zero-order valence-corrected chi connectivity index (χ0v) is 62.7. The quantitative estimate of drug-likeness (QED) is 0.0229. The Morgan fingerprint density at radius 2 is 0.742 bits per heavy atom. The number of benzene rings is 1. The van der Waals surface area contributed by atoms with Gasteiger partial charge in [-0.2, -0.15) is 0 Å². The first-order chi connectivity index (χ1) is 40.8. The van der Waals surface area contributed by atoms with Crippen LogP contribution in [0.3, 0.4) is 0 Å². The Kier molecular flexibility index (Phi) is 37.5. The molecule has 0 saturated carbocycles. The van der Waals surface area contributed by atoms with E-state index in [0.29, 0.717) is 91.9 Å². The number of carbonyl (C=O) groups is 2. The van der Waals surface area contributed by atoms with Crippen molar-refractivity contribution in [1.29, 1.82) is 0 Å². The molecule has 4 N–H and O–H groups in total. The molecule has 0 bridgehead atoms. The number of esters is 2. The monoisotopic (exact) mass is 1320 g/mol. The van der Waals surface area contributed by atoms with Crippen molar-refractivity contribution in [2.24, 2.45) is 0 Å². The molecule has 0 radical (unpaired) electrons. The summed E-state index contributed by atoms with van der Waals surface area (Å²) in [6, 6.07) is 8.49. The molecule has 3 aliphatic heterocycles. The van der Waals surface area contributed by atoms with Gasteiger partial charge in [-0.15, -0.1) is 25.7 Å². The minimum atomic E-state index is -2.25. The van der Waals surface area contributed by atoms with Gasteiger partial charge < -0.3 is 61.8 Å². The summed E-state index contributed by atoms with van der Waals surface area (Å²) >= 11 is 0. The molecule has 12 atom stereocenters. The van der Waals surface area contributed by atoms with Crippen molar-refractivity contribution in [1.82, 2.24) is 0 Å². The predicted molar refractivity (Wildman–Crippen MR) is 371 cm³/mol. The number of hydrogen-bond acceptors (Lipinski definition) is 15. The van der Waals surface area contributed by atoms with Crippen LogP contribution in [-0.2, 0) is 46.2 Å². The van der Waals surface area contributed by atoms with E-state index in [2.05, 4.69) is 190 Å². The molecule has 3 saturated heterocycles. The van der Waals surface area contributed by atoms with Crippen molar-refractivity contribution in [3.05, 3.63) is 35.9 Å². The van der Waals surface area contributed by atoms with Crippen LogP contribution in [0.25, 0.3) is 0 Å². The molecule has 3 fully saturated rings. The SMILES string of the molecule is C.C#C[C@@H](O)C(O)[C@@H](CO[Si](C(C)C)(C(C)C)C(C)C)OC(=O)c1ccccc1.C#C[C@@H](O)C1O[C@H]1CO[Si](C(C)C)(C(C)C)C(C)C.C#C[C@@H](OC(C)=O)C1O[C@H]1CO[Si](C(C)C)(C(C)C)C(C)C.C#C[C@H](O)C1O[C@H]1CO[Si](C(C)C)(C(C)C)C(C)C. The molecule has 0 amide bonds. The second kappa shape index (κ2) is 38.9. The molecule has 3 heterocycles. The lowest BCUT2D eigenvalue weighted by atomic mass is 10.1. The maximum Gasteiger partial charge on any atom is 0.338 e. The van der Waals surface area contributed by atoms with Crippen LogP contribution in [0.2, 0.25) is 66.5 Å². The van der Waals surface area contributed by atoms with Gasteiger partial charge in [-0.3, -0.25) is 4.79 Å². The number of terminal acetylenes is 4. The largest absolute Gasteiger partial charge is 0.453 e. The van der Waals surface area contributed by atoms with Crippen LogP contribution in [0, 0.1) is 49.4 Å². The maximum absolute atomic E-state index is 12.5. The van der Waals surface area contributed by atoms with Crippen molar-refractivity contribution in [2.75, 3.05) is 26.4 Å². The molecule has 3 aliphatic rings. The van der Waals surface area contributed by atoms with E-state index >= 15 is 0 Å². The third-order valence-corrected chi connectivity index (χ3v) is 42.9. The van der Waals surface area contributed by atoms with Crippen molar-refractivity contribution in [3.63, 3.8) is 0 Å². The molecular formula is C70H124O15Si4. The molecular weight excluding hydrogens is 1190 g/mol. The summed E-state index contributed by atoms with van der Waals surface area (Å²) in [6.07, 6.45) is 14.0. The molecule has 510 valence electrons. The van der Waals surface area contributed by atoms with E-state index in [-0.39, 0.29) is 56.6 Å². The maximum atomic E-state index is 12.5. The van der Waals surface area contributed by atoms with Gasteiger partial charge in [0.2, 0.25) is 8.32 Å². The van der Waals surface area contributed by atoms with Crippen molar-refractivity contribution < 1.29 is 71.4 Å². The Morgan fingerprint density at radius 3 is 1.01 bits per heavy atom. The van der Waals surface area contributed by atoms with Crippen LogP contribution in [0.4, 0.5) is 0 Å². The van der Waals surface area contributed by atoms with Gasteiger partial charge in [0.25, 0.3) is 0 Å². The highest BCUT2D eigenvalue weighted by molar-refractivity contribution is 6.79. The highest BCUT2D eigenvalue weighted by atomic mass is 28.4. The Balaban J connectivity index is 0.00000117. The highest BCUT2D eigenvalue weighted by Crippen LogP contribution is 2.47. The zero-order chi connectivity index (χ0) is 68.1. The first-order valence-corrected chi connectivity index (χ1v) is 40.9. The third-order valence-electron chi connectivity index (χ3n) is 18.5. The second-order valence-electron chi connectivity index (χ2n) is 27.8. The molecule has 0 aliphatic carbocycles. The first kappa shape index (κ1) is 85.8. The zero-order valence-electron chi connectivity index (χ0n) is 58.7.